The third-order valence-corrected chi connectivity index (χ3v) is 7.25. The molecule has 0 bridgehead atoms. The van der Waals surface area contributed by atoms with Gasteiger partial charge >= 0.3 is 0 Å². The number of nitrogens with one attached hydrogen (secondary N) is 2. The van der Waals surface area contributed by atoms with Crippen molar-refractivity contribution in [1.29, 1.82) is 0 Å². The highest BCUT2D eigenvalue weighted by Gasteiger charge is 2.26. The smallest absolute Gasteiger partial charge is 0.244 e. The summed E-state index contributed by atoms with van der Waals surface area (Å²) in [4.78, 5) is 4.36. The van der Waals surface area contributed by atoms with E-state index in [1.807, 2.05) is 20.2 Å². The molecule has 0 aliphatic heterocycles. The molecule has 0 unspecified atom stereocenters. The average Bonchev–Trinajstić information content (AvgIpc) is 2.82. The van der Waals surface area contributed by atoms with Crippen LogP contribution in [0.15, 0.2) is 41.3 Å². The molecular formula is C27H43FN4O3S. The van der Waals surface area contributed by atoms with Gasteiger partial charge in [0.05, 0.1) is 5.69 Å². The first-order valence-electron chi connectivity index (χ1n) is 12.9. The fourth-order valence-corrected chi connectivity index (χ4v) is 5.02. The summed E-state index contributed by atoms with van der Waals surface area (Å²) < 4.78 is 49.5. The molecule has 0 saturated heterocycles. The van der Waals surface area contributed by atoms with Crippen LogP contribution in [0.5, 0.6) is 11.5 Å². The maximum absolute atomic E-state index is 14.0. The first-order chi connectivity index (χ1) is 17.2. The molecule has 0 aromatic heterocycles. The number of likely N-dealkylation sites (N-methyl/N-ethyl adjacent to an activating group) is 1. The number of anilines is 1. The molecule has 0 saturated carbocycles. The van der Waals surface area contributed by atoms with Crippen molar-refractivity contribution in [3.05, 3.63) is 47.8 Å². The van der Waals surface area contributed by atoms with Crippen LogP contribution in [-0.4, -0.2) is 60.1 Å². The zero-order valence-corrected chi connectivity index (χ0v) is 23.3. The molecule has 202 valence electrons. The highest BCUT2D eigenvalue weighted by Crippen LogP contribution is 2.40. The molecule has 0 radical (unpaired) electrons. The van der Waals surface area contributed by atoms with Crippen molar-refractivity contribution in [3.8, 4) is 11.5 Å². The molecule has 0 heterocycles. The second-order valence-electron chi connectivity index (χ2n) is 9.18. The van der Waals surface area contributed by atoms with Crippen LogP contribution in [0, 0.1) is 5.82 Å². The Bertz CT molecular complexity index is 1040. The van der Waals surface area contributed by atoms with Crippen molar-refractivity contribution < 1.29 is 17.5 Å². The Kier molecular flexibility index (Phi) is 12.6. The van der Waals surface area contributed by atoms with Crippen LogP contribution >= 0.6 is 0 Å². The lowest BCUT2D eigenvalue weighted by molar-refractivity contribution is 0.400. The Morgan fingerprint density at radius 1 is 0.972 bits per heavy atom. The Morgan fingerprint density at radius 3 is 2.25 bits per heavy atom. The van der Waals surface area contributed by atoms with Crippen LogP contribution in [0.2, 0.25) is 0 Å². The number of sulfonamides is 1. The Labute approximate surface area is 217 Å². The van der Waals surface area contributed by atoms with E-state index in [2.05, 4.69) is 33.7 Å². The van der Waals surface area contributed by atoms with E-state index in [1.54, 1.807) is 25.1 Å². The number of nitrogens with zero attached hydrogens (tertiary/aromatic N) is 2. The second-order valence-corrected chi connectivity index (χ2v) is 10.9. The van der Waals surface area contributed by atoms with E-state index in [4.69, 9.17) is 4.74 Å². The topological polar surface area (TPSA) is 73.9 Å². The van der Waals surface area contributed by atoms with E-state index in [0.29, 0.717) is 12.2 Å². The first-order valence-corrected chi connectivity index (χ1v) is 14.4. The largest absolute Gasteiger partial charge is 0.454 e. The summed E-state index contributed by atoms with van der Waals surface area (Å²) in [5.41, 5.74) is 1.56. The minimum atomic E-state index is -3.87. The lowest BCUT2D eigenvalue weighted by Gasteiger charge is -2.29. The van der Waals surface area contributed by atoms with E-state index >= 15 is 0 Å². The Hall–Kier alpha value is -2.20. The van der Waals surface area contributed by atoms with Gasteiger partial charge in [-0.15, -0.1) is 0 Å². The van der Waals surface area contributed by atoms with Crippen LogP contribution < -0.4 is 19.7 Å². The van der Waals surface area contributed by atoms with Crippen molar-refractivity contribution in [2.75, 3.05) is 51.7 Å². The van der Waals surface area contributed by atoms with Crippen molar-refractivity contribution in [1.82, 2.24) is 14.9 Å². The molecule has 0 fully saturated rings. The molecule has 0 amide bonds. The standard InChI is InChI=1S/C27H43FN4O3S/c1-6-9-15-32(16-10-7-2)25-18-22(21-29-14-17-31(4)5)19-26(36(33,34)30-8-3)27(25)35-24-13-11-12-23(28)20-24/h11-13,18-20,29-30H,6-10,14-17,21H2,1-5H3. The molecule has 2 rings (SSSR count). The van der Waals surface area contributed by atoms with Gasteiger partial charge in [0.1, 0.15) is 16.5 Å². The van der Waals surface area contributed by atoms with Gasteiger partial charge in [0.25, 0.3) is 0 Å². The summed E-state index contributed by atoms with van der Waals surface area (Å²) in [6, 6.07) is 9.46. The molecule has 9 heteroatoms. The number of rotatable bonds is 17. The van der Waals surface area contributed by atoms with E-state index in [-0.39, 0.29) is 22.9 Å². The van der Waals surface area contributed by atoms with Gasteiger partial charge in [0.15, 0.2) is 5.75 Å². The van der Waals surface area contributed by atoms with Crippen LogP contribution in [0.4, 0.5) is 10.1 Å². The van der Waals surface area contributed by atoms with Crippen molar-refractivity contribution in [2.45, 2.75) is 57.9 Å². The summed E-state index contributed by atoms with van der Waals surface area (Å²) in [5.74, 6) is 0.0402. The van der Waals surface area contributed by atoms with Crippen LogP contribution in [0.1, 0.15) is 52.0 Å². The highest BCUT2D eigenvalue weighted by atomic mass is 32.2. The van der Waals surface area contributed by atoms with E-state index in [1.165, 1.54) is 12.1 Å². The van der Waals surface area contributed by atoms with Crippen LogP contribution in [0.3, 0.4) is 0 Å². The quantitative estimate of drug-likeness (QED) is 0.286. The van der Waals surface area contributed by atoms with Crippen molar-refractivity contribution >= 4 is 15.7 Å². The molecule has 2 aromatic carbocycles. The molecule has 7 nitrogen and oxygen atoms in total. The fourth-order valence-electron chi connectivity index (χ4n) is 3.78. The summed E-state index contributed by atoms with van der Waals surface area (Å²) in [5, 5.41) is 3.41. The number of hydrogen-bond donors (Lipinski definition) is 2. The molecule has 0 aliphatic carbocycles. The molecular weight excluding hydrogens is 479 g/mol. The molecule has 2 N–H and O–H groups in total. The maximum atomic E-state index is 14.0. The van der Waals surface area contributed by atoms with Gasteiger partial charge in [0, 0.05) is 45.3 Å². The first kappa shape index (κ1) is 30.0. The van der Waals surface area contributed by atoms with Crippen molar-refractivity contribution in [2.24, 2.45) is 0 Å². The summed E-state index contributed by atoms with van der Waals surface area (Å²) >= 11 is 0. The molecule has 36 heavy (non-hydrogen) atoms. The van der Waals surface area contributed by atoms with E-state index in [9.17, 15) is 12.8 Å². The Morgan fingerprint density at radius 2 is 1.67 bits per heavy atom. The third kappa shape index (κ3) is 9.35. The van der Waals surface area contributed by atoms with Gasteiger partial charge in [-0.1, -0.05) is 39.7 Å². The lowest BCUT2D eigenvalue weighted by atomic mass is 10.1. The molecule has 0 aliphatic rings. The number of hydrogen-bond acceptors (Lipinski definition) is 6. The molecule has 0 spiro atoms. The minimum Gasteiger partial charge on any atom is -0.454 e. The molecule has 0 atom stereocenters. The monoisotopic (exact) mass is 522 g/mol. The molecule has 2 aromatic rings. The van der Waals surface area contributed by atoms with Crippen LogP contribution in [-0.2, 0) is 16.6 Å². The zero-order chi connectivity index (χ0) is 26.6. The van der Waals surface area contributed by atoms with Gasteiger partial charge in [-0.25, -0.2) is 17.5 Å². The van der Waals surface area contributed by atoms with Gasteiger partial charge in [-0.2, -0.15) is 0 Å². The lowest BCUT2D eigenvalue weighted by Crippen LogP contribution is -2.29. The minimum absolute atomic E-state index is 0.0634. The van der Waals surface area contributed by atoms with Gasteiger partial charge < -0.3 is 19.9 Å². The summed E-state index contributed by atoms with van der Waals surface area (Å²) in [6.45, 7) is 9.96. The predicted octanol–water partition coefficient (Wildman–Crippen LogP) is 4.97. The normalized spacial score (nSPS) is 11.8. The number of unbranched alkanes of at least 4 members (excludes halogenated alkanes) is 2. The van der Waals surface area contributed by atoms with Crippen LogP contribution in [0.25, 0.3) is 0 Å². The number of halogens is 1. The predicted molar refractivity (Wildman–Crippen MR) is 146 cm³/mol. The summed E-state index contributed by atoms with van der Waals surface area (Å²) in [6.07, 6.45) is 3.95. The highest BCUT2D eigenvalue weighted by molar-refractivity contribution is 7.89. The van der Waals surface area contributed by atoms with Crippen molar-refractivity contribution in [3.63, 3.8) is 0 Å². The average molecular weight is 523 g/mol. The zero-order valence-electron chi connectivity index (χ0n) is 22.4. The SMILES string of the molecule is CCCCN(CCCC)c1cc(CNCCN(C)C)cc(S(=O)(=O)NCC)c1Oc1cccc(F)c1. The maximum Gasteiger partial charge on any atom is 0.244 e. The number of ether oxygens (including phenoxy) is 1. The van der Waals surface area contributed by atoms with Gasteiger partial charge in [-0.05, 0) is 56.8 Å². The van der Waals surface area contributed by atoms with Gasteiger partial charge in [0.2, 0.25) is 10.0 Å². The fraction of sp³-hybridized carbons (Fsp3) is 0.556. The summed E-state index contributed by atoms with van der Waals surface area (Å²) in [7, 11) is 0.159. The number of benzene rings is 2. The second kappa shape index (κ2) is 15.1. The van der Waals surface area contributed by atoms with E-state index < -0.39 is 15.8 Å². The van der Waals surface area contributed by atoms with Gasteiger partial charge in [-0.3, -0.25) is 0 Å². The Balaban J connectivity index is 2.66. The van der Waals surface area contributed by atoms with E-state index in [0.717, 1.165) is 57.4 Å². The third-order valence-electron chi connectivity index (χ3n) is 5.70.